The predicted octanol–water partition coefficient (Wildman–Crippen LogP) is 4.89. The van der Waals surface area contributed by atoms with Crippen LogP contribution < -0.4 is 14.9 Å². The molecule has 0 atom stereocenters. The second-order valence-electron chi connectivity index (χ2n) is 7.79. The Balaban J connectivity index is 1.47. The molecule has 0 fully saturated rings. The number of hydrazone groups is 1. The molecule has 0 aliphatic carbocycles. The minimum absolute atomic E-state index is 0.128. The van der Waals surface area contributed by atoms with Crippen LogP contribution in [0.4, 0.5) is 0 Å². The van der Waals surface area contributed by atoms with E-state index in [1.54, 1.807) is 13.3 Å². The molecule has 0 spiro atoms. The first-order valence-corrected chi connectivity index (χ1v) is 12.4. The summed E-state index contributed by atoms with van der Waals surface area (Å²) >= 11 is 1.29. The van der Waals surface area contributed by atoms with Gasteiger partial charge in [-0.05, 0) is 67.9 Å². The Morgan fingerprint density at radius 2 is 1.69 bits per heavy atom. The molecular weight excluding hydrogens is 474 g/mol. The molecule has 8 nitrogen and oxygen atoms in total. The first-order chi connectivity index (χ1) is 17.6. The number of carbonyl (C=O) groups is 1. The van der Waals surface area contributed by atoms with E-state index >= 15 is 0 Å². The number of hydrogen-bond acceptors (Lipinski definition) is 7. The highest BCUT2D eigenvalue weighted by Crippen LogP contribution is 2.29. The monoisotopic (exact) mass is 501 g/mol. The lowest BCUT2D eigenvalue weighted by molar-refractivity contribution is -0.118. The Morgan fingerprint density at radius 1 is 1.00 bits per heavy atom. The third kappa shape index (κ3) is 6.31. The summed E-state index contributed by atoms with van der Waals surface area (Å²) < 4.78 is 12.7. The van der Waals surface area contributed by atoms with Gasteiger partial charge in [0.15, 0.2) is 11.0 Å². The molecule has 1 heterocycles. The fraction of sp³-hybridized carbons (Fsp3) is 0.185. The molecule has 0 radical (unpaired) electrons. The topological polar surface area (TPSA) is 90.6 Å². The average Bonchev–Trinajstić information content (AvgIpc) is 3.33. The molecule has 0 aliphatic heterocycles. The van der Waals surface area contributed by atoms with E-state index in [0.29, 0.717) is 17.6 Å². The van der Waals surface area contributed by atoms with Gasteiger partial charge in [-0.2, -0.15) is 5.10 Å². The third-order valence-corrected chi connectivity index (χ3v) is 6.13. The van der Waals surface area contributed by atoms with Gasteiger partial charge in [0.2, 0.25) is 0 Å². The molecule has 36 heavy (non-hydrogen) atoms. The molecule has 3 aromatic carbocycles. The van der Waals surface area contributed by atoms with Crippen molar-refractivity contribution in [2.24, 2.45) is 5.10 Å². The van der Waals surface area contributed by atoms with Crippen LogP contribution in [0.15, 0.2) is 83.1 Å². The molecule has 0 aliphatic rings. The zero-order valence-corrected chi connectivity index (χ0v) is 21.2. The number of nitrogens with zero attached hydrogens (tertiary/aromatic N) is 4. The van der Waals surface area contributed by atoms with Gasteiger partial charge < -0.3 is 9.47 Å². The molecule has 0 bridgehead atoms. The van der Waals surface area contributed by atoms with Crippen molar-refractivity contribution >= 4 is 23.9 Å². The van der Waals surface area contributed by atoms with Crippen molar-refractivity contribution in [3.63, 3.8) is 0 Å². The predicted molar refractivity (Wildman–Crippen MR) is 142 cm³/mol. The first kappa shape index (κ1) is 25.0. The second-order valence-corrected chi connectivity index (χ2v) is 8.73. The maximum absolute atomic E-state index is 12.5. The smallest absolute Gasteiger partial charge is 0.250 e. The summed E-state index contributed by atoms with van der Waals surface area (Å²) in [5.41, 5.74) is 6.38. The molecule has 4 rings (SSSR count). The van der Waals surface area contributed by atoms with Crippen LogP contribution in [0, 0.1) is 6.92 Å². The van der Waals surface area contributed by atoms with Gasteiger partial charge in [0.25, 0.3) is 5.91 Å². The standard InChI is InChI=1S/C27H27N5O3S/c1-4-35-24-13-7-20(8-14-24)17-28-29-25(33)18-36-27-31-30-26(21-9-5-19(2)6-10-21)32(27)22-11-15-23(34-3)16-12-22/h5-17H,4,18H2,1-3H3,(H,29,33)/b28-17-. The van der Waals surface area contributed by atoms with Gasteiger partial charge in [-0.15, -0.1) is 10.2 Å². The fourth-order valence-electron chi connectivity index (χ4n) is 3.38. The largest absolute Gasteiger partial charge is 0.497 e. The summed E-state index contributed by atoms with van der Waals surface area (Å²) in [6, 6.07) is 23.2. The van der Waals surface area contributed by atoms with Gasteiger partial charge in [-0.3, -0.25) is 9.36 Å². The van der Waals surface area contributed by atoms with Crippen molar-refractivity contribution in [3.8, 4) is 28.6 Å². The van der Waals surface area contributed by atoms with E-state index in [-0.39, 0.29) is 11.7 Å². The van der Waals surface area contributed by atoms with E-state index in [9.17, 15) is 4.79 Å². The van der Waals surface area contributed by atoms with Gasteiger partial charge in [0, 0.05) is 11.3 Å². The number of rotatable bonds is 10. The van der Waals surface area contributed by atoms with Crippen LogP contribution in [0.25, 0.3) is 17.1 Å². The SMILES string of the molecule is CCOc1ccc(/C=N\NC(=O)CSc2nnc(-c3ccc(C)cc3)n2-c2ccc(OC)cc2)cc1. The number of benzene rings is 3. The lowest BCUT2D eigenvalue weighted by atomic mass is 10.1. The van der Waals surface area contributed by atoms with Gasteiger partial charge in [0.05, 0.1) is 25.7 Å². The Morgan fingerprint density at radius 3 is 2.36 bits per heavy atom. The number of carbonyl (C=O) groups excluding carboxylic acids is 1. The first-order valence-electron chi connectivity index (χ1n) is 11.4. The molecule has 0 saturated carbocycles. The summed E-state index contributed by atoms with van der Waals surface area (Å²) in [6.07, 6.45) is 1.59. The van der Waals surface area contributed by atoms with E-state index in [2.05, 4.69) is 20.7 Å². The number of aromatic nitrogens is 3. The molecule has 0 saturated heterocycles. The zero-order chi connectivity index (χ0) is 25.3. The number of ether oxygens (including phenoxy) is 2. The second kappa shape index (κ2) is 12.0. The maximum atomic E-state index is 12.5. The summed E-state index contributed by atoms with van der Waals surface area (Å²) in [5, 5.41) is 13.4. The van der Waals surface area contributed by atoms with Crippen LogP contribution in [-0.4, -0.2) is 46.4 Å². The number of methoxy groups -OCH3 is 1. The van der Waals surface area contributed by atoms with Gasteiger partial charge in [-0.1, -0.05) is 41.6 Å². The van der Waals surface area contributed by atoms with Crippen LogP contribution in [0.1, 0.15) is 18.1 Å². The number of aryl methyl sites for hydroxylation is 1. The molecule has 1 N–H and O–H groups in total. The van der Waals surface area contributed by atoms with Crippen LogP contribution in [0.5, 0.6) is 11.5 Å². The van der Waals surface area contributed by atoms with E-state index in [4.69, 9.17) is 9.47 Å². The highest BCUT2D eigenvalue weighted by molar-refractivity contribution is 7.99. The van der Waals surface area contributed by atoms with Crippen LogP contribution in [0.3, 0.4) is 0 Å². The van der Waals surface area contributed by atoms with E-state index < -0.39 is 0 Å². The number of amides is 1. The van der Waals surface area contributed by atoms with E-state index in [0.717, 1.165) is 33.9 Å². The van der Waals surface area contributed by atoms with Crippen molar-refractivity contribution in [1.29, 1.82) is 0 Å². The quantitative estimate of drug-likeness (QED) is 0.189. The molecule has 1 aromatic heterocycles. The molecular formula is C27H27N5O3S. The van der Waals surface area contributed by atoms with E-state index in [1.807, 2.05) is 91.2 Å². The highest BCUT2D eigenvalue weighted by atomic mass is 32.2. The number of hydrogen-bond donors (Lipinski definition) is 1. The molecule has 184 valence electrons. The normalized spacial score (nSPS) is 11.0. The summed E-state index contributed by atoms with van der Waals surface area (Å²) in [7, 11) is 1.63. The Kier molecular flexibility index (Phi) is 8.36. The average molecular weight is 502 g/mol. The molecule has 1 amide bonds. The van der Waals surface area contributed by atoms with Crippen molar-refractivity contribution in [2.75, 3.05) is 19.5 Å². The minimum atomic E-state index is -0.247. The van der Waals surface area contributed by atoms with Crippen LogP contribution in [-0.2, 0) is 4.79 Å². The Labute approximate surface area is 214 Å². The van der Waals surface area contributed by atoms with Crippen molar-refractivity contribution in [1.82, 2.24) is 20.2 Å². The summed E-state index contributed by atoms with van der Waals surface area (Å²) in [4.78, 5) is 12.5. The molecule has 0 unspecified atom stereocenters. The summed E-state index contributed by atoms with van der Waals surface area (Å²) in [5.74, 6) is 2.12. The van der Waals surface area contributed by atoms with E-state index in [1.165, 1.54) is 11.8 Å². The minimum Gasteiger partial charge on any atom is -0.497 e. The van der Waals surface area contributed by atoms with Gasteiger partial charge in [0.1, 0.15) is 11.5 Å². The summed E-state index contributed by atoms with van der Waals surface area (Å²) in [6.45, 7) is 4.59. The number of nitrogens with one attached hydrogen (secondary N) is 1. The highest BCUT2D eigenvalue weighted by Gasteiger charge is 2.17. The zero-order valence-electron chi connectivity index (χ0n) is 20.3. The third-order valence-electron chi connectivity index (χ3n) is 5.20. The fourth-order valence-corrected chi connectivity index (χ4v) is 4.12. The maximum Gasteiger partial charge on any atom is 0.250 e. The van der Waals surface area contributed by atoms with Gasteiger partial charge in [-0.25, -0.2) is 5.43 Å². The molecule has 4 aromatic rings. The Bertz CT molecular complexity index is 1320. The molecule has 9 heteroatoms. The van der Waals surface area contributed by atoms with Crippen molar-refractivity contribution < 1.29 is 14.3 Å². The Hall–Kier alpha value is -4.11. The van der Waals surface area contributed by atoms with Crippen LogP contribution in [0.2, 0.25) is 0 Å². The lowest BCUT2D eigenvalue weighted by Crippen LogP contribution is -2.20. The number of thioether (sulfide) groups is 1. The van der Waals surface area contributed by atoms with Gasteiger partial charge >= 0.3 is 0 Å². The van der Waals surface area contributed by atoms with Crippen molar-refractivity contribution in [2.45, 2.75) is 19.0 Å². The lowest BCUT2D eigenvalue weighted by Gasteiger charge is -2.11. The van der Waals surface area contributed by atoms with Crippen LogP contribution >= 0.6 is 11.8 Å². The van der Waals surface area contributed by atoms with Crippen molar-refractivity contribution in [3.05, 3.63) is 83.9 Å².